The first-order valence-electron chi connectivity index (χ1n) is 12.6. The van der Waals surface area contributed by atoms with Gasteiger partial charge in [-0.3, -0.25) is 0 Å². The molecule has 0 bridgehead atoms. The van der Waals surface area contributed by atoms with E-state index in [0.29, 0.717) is 0 Å². The van der Waals surface area contributed by atoms with Crippen molar-refractivity contribution in [2.45, 2.75) is 0 Å². The molecule has 0 radical (unpaired) electrons. The van der Waals surface area contributed by atoms with E-state index in [1.54, 1.807) is 0 Å². The minimum absolute atomic E-state index is 0.880. The summed E-state index contributed by atoms with van der Waals surface area (Å²) in [6, 6.07) is 46.8. The van der Waals surface area contributed by atoms with Gasteiger partial charge in [-0.15, -0.1) is 0 Å². The van der Waals surface area contributed by atoms with Crippen LogP contribution < -0.4 is 19.7 Å². The fraction of sp³-hybridized carbons (Fsp3) is 0. The van der Waals surface area contributed by atoms with Crippen LogP contribution in [0.15, 0.2) is 133 Å². The van der Waals surface area contributed by atoms with Gasteiger partial charge in [0.15, 0.2) is 0 Å². The quantitative estimate of drug-likeness (QED) is 0.182. The Balaban J connectivity index is 1.61. The molecule has 0 fully saturated rings. The normalized spacial score (nSPS) is 17.3. The van der Waals surface area contributed by atoms with E-state index in [-0.39, 0.29) is 0 Å². The van der Waals surface area contributed by atoms with Crippen LogP contribution in [0.5, 0.6) is 11.5 Å². The van der Waals surface area contributed by atoms with Gasteiger partial charge in [0.05, 0.1) is 0 Å². The van der Waals surface area contributed by atoms with Crippen LogP contribution in [0.3, 0.4) is 0 Å². The van der Waals surface area contributed by atoms with E-state index in [1.807, 2.05) is 0 Å². The van der Waals surface area contributed by atoms with Crippen molar-refractivity contribution in [1.29, 1.82) is 0 Å². The molecule has 0 atom stereocenters. The monoisotopic (exact) mass is 494 g/mol. The summed E-state index contributed by atoms with van der Waals surface area (Å²) in [5.74, 6) is 1.76. The van der Waals surface area contributed by atoms with Crippen LogP contribution in [0.25, 0.3) is 32.9 Å². The van der Waals surface area contributed by atoms with Crippen molar-refractivity contribution in [3.8, 4) is 11.5 Å². The molecular weight excluding hydrogens is 471 g/mol. The average molecular weight is 495 g/mol. The van der Waals surface area contributed by atoms with E-state index >= 15 is 0 Å². The molecule has 8 rings (SSSR count). The Labute approximate surface area is 215 Å². The molecule has 0 saturated carbocycles. The predicted octanol–water partition coefficient (Wildman–Crippen LogP) is 8.31. The SMILES string of the molecule is C(=C(\c1ccccc1)P12(Oc3cccc4cccc1c34)Oc1cccc3cccc2c13)/c1ccccc1. The van der Waals surface area contributed by atoms with Crippen LogP contribution in [0.2, 0.25) is 0 Å². The standard InChI is InChI=1S/C34H23O2P/c1-3-11-24(12-4-1)23-32(25-13-5-2-6-14-25)37(30-21-9-17-26-15-7-19-28(35-37)33(26)30)31-22-10-18-27-16-8-20-29(36-37)34(27)31/h1-23H/b32-23-. The number of rotatable bonds is 3. The van der Waals surface area contributed by atoms with Crippen LogP contribution in [0.4, 0.5) is 0 Å². The molecule has 2 heterocycles. The minimum atomic E-state index is -3.95. The summed E-state index contributed by atoms with van der Waals surface area (Å²) in [4.78, 5) is 0. The van der Waals surface area contributed by atoms with Crippen molar-refractivity contribution in [2.75, 3.05) is 0 Å². The molecule has 3 heteroatoms. The molecule has 37 heavy (non-hydrogen) atoms. The number of benzene rings is 6. The summed E-state index contributed by atoms with van der Waals surface area (Å²) in [6.07, 6.45) is 2.28. The van der Waals surface area contributed by atoms with E-state index in [0.717, 1.165) is 60.1 Å². The van der Waals surface area contributed by atoms with Gasteiger partial charge in [-0.2, -0.15) is 0 Å². The third kappa shape index (κ3) is 2.58. The van der Waals surface area contributed by atoms with Crippen molar-refractivity contribution in [3.63, 3.8) is 0 Å². The van der Waals surface area contributed by atoms with Gasteiger partial charge in [-0.05, 0) is 0 Å². The summed E-state index contributed by atoms with van der Waals surface area (Å²) in [6.45, 7) is 0. The predicted molar refractivity (Wildman–Crippen MR) is 156 cm³/mol. The van der Waals surface area contributed by atoms with Gasteiger partial charge in [0.25, 0.3) is 0 Å². The van der Waals surface area contributed by atoms with Crippen molar-refractivity contribution < 1.29 is 9.05 Å². The number of hydrogen-bond donors (Lipinski definition) is 0. The van der Waals surface area contributed by atoms with Crippen LogP contribution in [0.1, 0.15) is 11.1 Å². The fourth-order valence-corrected chi connectivity index (χ4v) is 11.7. The van der Waals surface area contributed by atoms with E-state index < -0.39 is 7.06 Å². The Morgan fingerprint density at radius 2 is 0.973 bits per heavy atom. The molecule has 0 aromatic heterocycles. The van der Waals surface area contributed by atoms with Crippen LogP contribution in [0, 0.1) is 0 Å². The van der Waals surface area contributed by atoms with E-state index in [1.165, 1.54) is 0 Å². The van der Waals surface area contributed by atoms with Crippen LogP contribution >= 0.6 is 7.06 Å². The van der Waals surface area contributed by atoms with Gasteiger partial charge in [-0.1, -0.05) is 0 Å². The number of hydrogen-bond acceptors (Lipinski definition) is 2. The van der Waals surface area contributed by atoms with E-state index in [2.05, 4.69) is 140 Å². The van der Waals surface area contributed by atoms with Gasteiger partial charge >= 0.3 is 216 Å². The zero-order valence-electron chi connectivity index (χ0n) is 20.0. The Bertz CT molecular complexity index is 1790. The Hall–Kier alpha value is -4.39. The molecule has 0 amide bonds. The molecule has 0 saturated heterocycles. The van der Waals surface area contributed by atoms with Crippen molar-refractivity contribution >= 4 is 50.6 Å². The summed E-state index contributed by atoms with van der Waals surface area (Å²) in [5.41, 5.74) is 2.21. The number of fused-ring (bicyclic) bond motifs is 2. The molecular formula is C34H23O2P. The first-order chi connectivity index (χ1) is 18.3. The van der Waals surface area contributed by atoms with Crippen LogP contribution in [-0.4, -0.2) is 0 Å². The Morgan fingerprint density at radius 1 is 0.486 bits per heavy atom. The molecule has 0 unspecified atom stereocenters. The first kappa shape index (κ1) is 20.8. The van der Waals surface area contributed by atoms with Crippen molar-refractivity contribution in [3.05, 3.63) is 145 Å². The average Bonchev–Trinajstić information content (AvgIpc) is 3.42. The fourth-order valence-electron chi connectivity index (χ4n) is 6.23. The maximum atomic E-state index is 7.46. The van der Waals surface area contributed by atoms with Crippen LogP contribution in [-0.2, 0) is 0 Å². The van der Waals surface area contributed by atoms with Gasteiger partial charge in [0.2, 0.25) is 0 Å². The summed E-state index contributed by atoms with van der Waals surface area (Å²) >= 11 is 0. The van der Waals surface area contributed by atoms with E-state index in [4.69, 9.17) is 9.05 Å². The molecule has 176 valence electrons. The molecule has 2 aliphatic rings. The maximum absolute atomic E-state index is 7.46. The van der Waals surface area contributed by atoms with Gasteiger partial charge in [-0.25, -0.2) is 0 Å². The van der Waals surface area contributed by atoms with Gasteiger partial charge in [0, 0.05) is 0 Å². The zero-order valence-corrected chi connectivity index (χ0v) is 20.9. The molecule has 0 aliphatic carbocycles. The molecule has 1 spiro atoms. The Kier molecular flexibility index (Phi) is 4.11. The third-order valence-electron chi connectivity index (χ3n) is 7.72. The second-order valence-corrected chi connectivity index (χ2v) is 13.4. The first-order valence-corrected chi connectivity index (χ1v) is 14.6. The molecule has 2 nitrogen and oxygen atoms in total. The zero-order chi connectivity index (χ0) is 24.5. The summed E-state index contributed by atoms with van der Waals surface area (Å²) in [5, 5.41) is 7.95. The molecule has 6 aromatic carbocycles. The van der Waals surface area contributed by atoms with Crippen molar-refractivity contribution in [2.24, 2.45) is 0 Å². The second kappa shape index (κ2) is 7.32. The second-order valence-electron chi connectivity index (χ2n) is 9.71. The van der Waals surface area contributed by atoms with Gasteiger partial charge in [0.1, 0.15) is 0 Å². The molecule has 6 aromatic rings. The van der Waals surface area contributed by atoms with Crippen molar-refractivity contribution in [1.82, 2.24) is 0 Å². The summed E-state index contributed by atoms with van der Waals surface area (Å²) < 4.78 is 14.9. The van der Waals surface area contributed by atoms with E-state index in [9.17, 15) is 0 Å². The third-order valence-corrected chi connectivity index (χ3v) is 12.6. The Morgan fingerprint density at radius 3 is 1.51 bits per heavy atom. The molecule has 2 aliphatic heterocycles. The van der Waals surface area contributed by atoms with Gasteiger partial charge < -0.3 is 0 Å². The topological polar surface area (TPSA) is 18.5 Å². The molecule has 0 N–H and O–H groups in total. The summed E-state index contributed by atoms with van der Waals surface area (Å²) in [7, 11) is -3.95.